The van der Waals surface area contributed by atoms with Gasteiger partial charge in [-0.05, 0) is 56.5 Å². The van der Waals surface area contributed by atoms with Gasteiger partial charge in [-0.1, -0.05) is 30.0 Å². The smallest absolute Gasteiger partial charge is 0.338 e. The van der Waals surface area contributed by atoms with Crippen molar-refractivity contribution in [1.82, 2.24) is 9.47 Å². The minimum atomic E-state index is -0.386. The van der Waals surface area contributed by atoms with E-state index in [0.29, 0.717) is 34.6 Å². The van der Waals surface area contributed by atoms with Crippen molar-refractivity contribution in [3.05, 3.63) is 64.1 Å². The van der Waals surface area contributed by atoms with Crippen molar-refractivity contribution >= 4 is 45.9 Å². The number of likely N-dealkylation sites (tertiary alicyclic amines) is 1. The van der Waals surface area contributed by atoms with Crippen LogP contribution in [0, 0.1) is 5.92 Å². The van der Waals surface area contributed by atoms with E-state index in [1.165, 1.54) is 11.8 Å². The first kappa shape index (κ1) is 23.5. The van der Waals surface area contributed by atoms with Gasteiger partial charge in [0, 0.05) is 43.0 Å². The topological polar surface area (TPSA) is 80.6 Å². The molecule has 1 saturated heterocycles. The van der Waals surface area contributed by atoms with Crippen LogP contribution in [0.4, 0.5) is 5.69 Å². The molecule has 1 fully saturated rings. The Morgan fingerprint density at radius 2 is 1.94 bits per heavy atom. The number of rotatable bonds is 5. The van der Waals surface area contributed by atoms with Crippen molar-refractivity contribution in [2.24, 2.45) is 5.92 Å². The highest BCUT2D eigenvalue weighted by atomic mass is 32.2. The molecule has 0 aliphatic carbocycles. The van der Waals surface area contributed by atoms with Crippen LogP contribution in [0.15, 0.2) is 47.3 Å². The normalized spacial score (nSPS) is 19.9. The maximum absolute atomic E-state index is 12.7. The molecule has 2 aliphatic rings. The van der Waals surface area contributed by atoms with Crippen molar-refractivity contribution in [1.29, 1.82) is 0 Å². The highest BCUT2D eigenvalue weighted by molar-refractivity contribution is 8.23. The van der Waals surface area contributed by atoms with E-state index in [1.807, 2.05) is 23.6 Å². The van der Waals surface area contributed by atoms with E-state index in [-0.39, 0.29) is 28.6 Å². The first-order valence-corrected chi connectivity index (χ1v) is 12.4. The number of nitrogens with one attached hydrogen (secondary N) is 1. The number of anilines is 1. The summed E-state index contributed by atoms with van der Waals surface area (Å²) in [6, 6.07) is 12.1. The van der Waals surface area contributed by atoms with Gasteiger partial charge in [-0.3, -0.25) is 9.59 Å². The number of nitrogens with zero attached hydrogens (tertiary/aromatic N) is 2. The Balaban J connectivity index is 1.34. The number of carbonyl (C=O) groups excluding carboxylic acids is 2. The van der Waals surface area contributed by atoms with Crippen LogP contribution in [-0.4, -0.2) is 50.6 Å². The molecule has 1 amide bonds. The minimum Gasteiger partial charge on any atom is -0.462 e. The molecule has 0 unspecified atom stereocenters. The Morgan fingerprint density at radius 1 is 1.18 bits per heavy atom. The Labute approximate surface area is 202 Å². The van der Waals surface area contributed by atoms with E-state index in [0.717, 1.165) is 25.2 Å². The van der Waals surface area contributed by atoms with Gasteiger partial charge >= 0.3 is 5.97 Å². The fourth-order valence-corrected chi connectivity index (χ4v) is 5.82. The van der Waals surface area contributed by atoms with Gasteiger partial charge < -0.3 is 19.5 Å². The second-order valence-electron chi connectivity index (χ2n) is 8.42. The van der Waals surface area contributed by atoms with Crippen LogP contribution in [-0.2, 0) is 16.1 Å². The molecule has 174 valence electrons. The average molecular weight is 486 g/mol. The second kappa shape index (κ2) is 10.1. The van der Waals surface area contributed by atoms with Crippen LogP contribution in [0.2, 0.25) is 0 Å². The Kier molecular flexibility index (Phi) is 7.19. The lowest BCUT2D eigenvalue weighted by Crippen LogP contribution is -2.48. The van der Waals surface area contributed by atoms with Gasteiger partial charge in [0.1, 0.15) is 4.32 Å². The SMILES string of the molecule is CCOC(=O)c1ccc(NC(=O)[C@@H](C)SC(=S)N2C[C@H]3C[C@@H](C2)c2cccc(=O)n2C3)cc1. The van der Waals surface area contributed by atoms with E-state index in [2.05, 4.69) is 10.2 Å². The molecular formula is C24H27N3O4S2. The van der Waals surface area contributed by atoms with Crippen molar-refractivity contribution in [2.75, 3.05) is 25.0 Å². The van der Waals surface area contributed by atoms with Crippen LogP contribution in [0.3, 0.4) is 0 Å². The number of carbonyl (C=O) groups is 2. The van der Waals surface area contributed by atoms with Gasteiger partial charge in [0.05, 0.1) is 17.4 Å². The Morgan fingerprint density at radius 3 is 2.67 bits per heavy atom. The molecule has 2 aliphatic heterocycles. The number of amides is 1. The summed E-state index contributed by atoms with van der Waals surface area (Å²) in [4.78, 5) is 38.9. The number of esters is 1. The summed E-state index contributed by atoms with van der Waals surface area (Å²) in [6.45, 7) is 6.18. The number of ether oxygens (including phenoxy) is 1. The van der Waals surface area contributed by atoms with Gasteiger partial charge in [-0.2, -0.15) is 0 Å². The lowest BCUT2D eigenvalue weighted by molar-refractivity contribution is -0.115. The minimum absolute atomic E-state index is 0.0631. The van der Waals surface area contributed by atoms with Crippen LogP contribution in [0.1, 0.15) is 42.2 Å². The Hall–Kier alpha value is -2.65. The fourth-order valence-electron chi connectivity index (χ4n) is 4.47. The number of hydrogen-bond acceptors (Lipinski definition) is 6. The van der Waals surface area contributed by atoms with Crippen molar-refractivity contribution in [3.8, 4) is 0 Å². The lowest BCUT2D eigenvalue weighted by Gasteiger charge is -2.43. The van der Waals surface area contributed by atoms with Crippen LogP contribution in [0.25, 0.3) is 0 Å². The molecule has 7 nitrogen and oxygen atoms in total. The average Bonchev–Trinajstić information content (AvgIpc) is 2.80. The number of benzene rings is 1. The van der Waals surface area contributed by atoms with Gasteiger partial charge in [0.15, 0.2) is 0 Å². The quantitative estimate of drug-likeness (QED) is 0.513. The summed E-state index contributed by atoms with van der Waals surface area (Å²) in [7, 11) is 0. The van der Waals surface area contributed by atoms with Crippen molar-refractivity contribution < 1.29 is 14.3 Å². The summed E-state index contributed by atoms with van der Waals surface area (Å²) in [5.74, 6) is 0.104. The summed E-state index contributed by atoms with van der Waals surface area (Å²) < 4.78 is 7.58. The molecule has 0 spiro atoms. The molecule has 3 heterocycles. The van der Waals surface area contributed by atoms with E-state index in [4.69, 9.17) is 17.0 Å². The zero-order valence-electron chi connectivity index (χ0n) is 18.7. The van der Waals surface area contributed by atoms with Crippen LogP contribution >= 0.6 is 24.0 Å². The highest BCUT2D eigenvalue weighted by Gasteiger charge is 2.35. The third-order valence-corrected chi connectivity index (χ3v) is 7.62. The molecule has 33 heavy (non-hydrogen) atoms. The van der Waals surface area contributed by atoms with E-state index in [9.17, 15) is 14.4 Å². The predicted octanol–water partition coefficient (Wildman–Crippen LogP) is 3.49. The standard InChI is InChI=1S/C24H27N3O4S2/c1-3-31-23(30)17-7-9-19(10-8-17)25-22(29)15(2)33-24(32)26-12-16-11-18(14-26)20-5-4-6-21(28)27(20)13-16/h4-10,15-16,18H,3,11-14H2,1-2H3,(H,25,29)/t15-,16-,18+/m1/s1. The molecule has 2 aromatic rings. The summed E-state index contributed by atoms with van der Waals surface area (Å²) in [5, 5.41) is 2.50. The summed E-state index contributed by atoms with van der Waals surface area (Å²) in [6.07, 6.45) is 1.06. The molecule has 1 aromatic heterocycles. The largest absolute Gasteiger partial charge is 0.462 e. The molecule has 4 rings (SSSR count). The van der Waals surface area contributed by atoms with E-state index >= 15 is 0 Å². The van der Waals surface area contributed by atoms with Gasteiger partial charge in [-0.25, -0.2) is 4.79 Å². The first-order chi connectivity index (χ1) is 15.9. The van der Waals surface area contributed by atoms with Gasteiger partial charge in [0.25, 0.3) is 5.56 Å². The third-order valence-electron chi connectivity index (χ3n) is 6.05. The molecule has 9 heteroatoms. The molecule has 3 atom stereocenters. The third kappa shape index (κ3) is 5.30. The number of aromatic nitrogens is 1. The monoisotopic (exact) mass is 485 g/mol. The zero-order chi connectivity index (χ0) is 23.5. The second-order valence-corrected chi connectivity index (χ2v) is 10.4. The summed E-state index contributed by atoms with van der Waals surface area (Å²) >= 11 is 7.07. The number of fused-ring (bicyclic) bond motifs is 4. The van der Waals surface area contributed by atoms with Crippen LogP contribution in [0.5, 0.6) is 0 Å². The number of piperidine rings is 1. The zero-order valence-corrected chi connectivity index (χ0v) is 20.3. The predicted molar refractivity (Wildman–Crippen MR) is 134 cm³/mol. The fraction of sp³-hybridized carbons (Fsp3) is 0.417. The highest BCUT2D eigenvalue weighted by Crippen LogP contribution is 2.36. The maximum atomic E-state index is 12.7. The van der Waals surface area contributed by atoms with Gasteiger partial charge in [-0.15, -0.1) is 0 Å². The Bertz CT molecular complexity index is 1120. The molecule has 1 aromatic carbocycles. The number of thioether (sulfide) groups is 1. The van der Waals surface area contributed by atoms with E-state index < -0.39 is 0 Å². The molecule has 2 bridgehead atoms. The first-order valence-electron chi connectivity index (χ1n) is 11.1. The van der Waals surface area contributed by atoms with Crippen LogP contribution < -0.4 is 10.9 Å². The number of hydrogen-bond donors (Lipinski definition) is 1. The van der Waals surface area contributed by atoms with Gasteiger partial charge in [0.2, 0.25) is 5.91 Å². The maximum Gasteiger partial charge on any atom is 0.338 e. The molecule has 1 N–H and O–H groups in total. The lowest BCUT2D eigenvalue weighted by atomic mass is 9.83. The van der Waals surface area contributed by atoms with E-state index in [1.54, 1.807) is 37.3 Å². The number of thiocarbonyl (C=S) groups is 1. The molecule has 0 saturated carbocycles. The van der Waals surface area contributed by atoms with Crippen molar-refractivity contribution in [2.45, 2.75) is 38.0 Å². The number of pyridine rings is 1. The molecule has 0 radical (unpaired) electrons. The molecular weight excluding hydrogens is 458 g/mol. The van der Waals surface area contributed by atoms with Crippen molar-refractivity contribution in [3.63, 3.8) is 0 Å². The summed E-state index contributed by atoms with van der Waals surface area (Å²) in [5.41, 5.74) is 2.19.